The first-order valence-electron chi connectivity index (χ1n) is 6.12. The fourth-order valence-electron chi connectivity index (χ4n) is 1.65. The molecular weight excluding hydrogens is 234 g/mol. The molecule has 18 heavy (non-hydrogen) atoms. The average molecular weight is 255 g/mol. The number of nitrogen functional groups attached to an aromatic ring is 1. The number of aromatic nitrogens is 3. The zero-order chi connectivity index (χ0) is 13.4. The van der Waals surface area contributed by atoms with Gasteiger partial charge < -0.3 is 20.9 Å². The molecule has 1 aromatic rings. The minimum Gasteiger partial charge on any atom is -0.477 e. The van der Waals surface area contributed by atoms with Crippen LogP contribution in [0, 0.1) is 0 Å². The molecule has 0 aliphatic heterocycles. The number of nitrogens with zero attached hydrogens (tertiary/aromatic N) is 3. The van der Waals surface area contributed by atoms with Gasteiger partial charge >= 0.3 is 0 Å². The van der Waals surface area contributed by atoms with Gasteiger partial charge in [0.15, 0.2) is 5.82 Å². The van der Waals surface area contributed by atoms with Gasteiger partial charge in [0, 0.05) is 12.6 Å². The fraction of sp³-hybridized carbons (Fsp3) is 0.727. The van der Waals surface area contributed by atoms with Crippen molar-refractivity contribution >= 4 is 11.8 Å². The Kier molecular flexibility index (Phi) is 6.13. The molecule has 0 radical (unpaired) electrons. The van der Waals surface area contributed by atoms with Crippen LogP contribution >= 0.6 is 0 Å². The summed E-state index contributed by atoms with van der Waals surface area (Å²) >= 11 is 0. The number of ether oxygens (including phenoxy) is 1. The summed E-state index contributed by atoms with van der Waals surface area (Å²) in [5, 5.41) is 19.7. The Hall–Kier alpha value is -1.63. The normalized spacial score (nSPS) is 12.2. The summed E-state index contributed by atoms with van der Waals surface area (Å²) in [6, 6.07) is 0.125. The van der Waals surface area contributed by atoms with Crippen LogP contribution in [0.2, 0.25) is 0 Å². The molecule has 1 rings (SSSR count). The molecule has 0 saturated carbocycles. The minimum atomic E-state index is 0.0940. The van der Waals surface area contributed by atoms with Crippen LogP contribution in [0.3, 0.4) is 0 Å². The summed E-state index contributed by atoms with van der Waals surface area (Å²) < 4.78 is 5.07. The average Bonchev–Trinajstić information content (AvgIpc) is 2.36. The highest BCUT2D eigenvalue weighted by molar-refractivity contribution is 5.47. The van der Waals surface area contributed by atoms with Crippen molar-refractivity contribution in [3.05, 3.63) is 0 Å². The van der Waals surface area contributed by atoms with Gasteiger partial charge in [0.2, 0.25) is 5.95 Å². The van der Waals surface area contributed by atoms with Gasteiger partial charge in [-0.25, -0.2) is 0 Å². The van der Waals surface area contributed by atoms with Gasteiger partial charge in [-0.1, -0.05) is 19.8 Å². The lowest BCUT2D eigenvalue weighted by molar-refractivity contribution is 0.275. The zero-order valence-corrected chi connectivity index (χ0v) is 10.9. The van der Waals surface area contributed by atoms with E-state index in [1.54, 1.807) is 0 Å². The summed E-state index contributed by atoms with van der Waals surface area (Å²) in [5.41, 5.74) is 5.50. The molecular formula is C11H21N5O2. The molecule has 0 aliphatic carbocycles. The number of nitrogens with one attached hydrogen (secondary N) is 1. The maximum absolute atomic E-state index is 9.05. The maximum Gasteiger partial charge on any atom is 0.276 e. The Balaban J connectivity index is 2.74. The van der Waals surface area contributed by atoms with Crippen molar-refractivity contribution in [2.24, 2.45) is 0 Å². The third-order valence-electron chi connectivity index (χ3n) is 2.59. The second kappa shape index (κ2) is 7.65. The number of hydrogen-bond acceptors (Lipinski definition) is 7. The molecule has 7 heteroatoms. The van der Waals surface area contributed by atoms with E-state index in [1.807, 2.05) is 0 Å². The molecule has 7 nitrogen and oxygen atoms in total. The third-order valence-corrected chi connectivity index (χ3v) is 2.59. The first kappa shape index (κ1) is 14.4. The van der Waals surface area contributed by atoms with Crippen LogP contribution in [0.1, 0.15) is 32.6 Å². The maximum atomic E-state index is 9.05. The Labute approximate surface area is 107 Å². The van der Waals surface area contributed by atoms with E-state index in [0.717, 1.165) is 19.3 Å². The molecule has 0 bridgehead atoms. The van der Waals surface area contributed by atoms with Crippen LogP contribution in [0.25, 0.3) is 0 Å². The molecule has 1 aromatic heterocycles. The van der Waals surface area contributed by atoms with Crippen LogP contribution in [-0.4, -0.2) is 40.0 Å². The van der Waals surface area contributed by atoms with Gasteiger partial charge in [-0.05, 0) is 12.8 Å². The number of methoxy groups -OCH3 is 1. The predicted octanol–water partition coefficient (Wildman–Crippen LogP) is 0.815. The Morgan fingerprint density at radius 2 is 2.17 bits per heavy atom. The van der Waals surface area contributed by atoms with Crippen LogP contribution in [0.5, 0.6) is 5.88 Å². The van der Waals surface area contributed by atoms with E-state index in [0.29, 0.717) is 18.1 Å². The Morgan fingerprint density at radius 1 is 1.39 bits per heavy atom. The van der Waals surface area contributed by atoms with E-state index in [4.69, 9.17) is 15.6 Å². The number of aliphatic hydroxyl groups excluding tert-OH is 1. The van der Waals surface area contributed by atoms with Gasteiger partial charge in [-0.15, -0.1) is 10.2 Å². The van der Waals surface area contributed by atoms with Crippen molar-refractivity contribution in [2.75, 3.05) is 24.8 Å². The molecule has 0 amide bonds. The van der Waals surface area contributed by atoms with Crippen LogP contribution in [0.4, 0.5) is 11.8 Å². The number of hydrogen-bond donors (Lipinski definition) is 3. The Bertz CT molecular complexity index is 361. The third kappa shape index (κ3) is 4.33. The second-order valence-electron chi connectivity index (χ2n) is 4.02. The summed E-state index contributed by atoms with van der Waals surface area (Å²) in [6.45, 7) is 2.25. The smallest absolute Gasteiger partial charge is 0.276 e. The van der Waals surface area contributed by atoms with Crippen molar-refractivity contribution in [3.63, 3.8) is 0 Å². The fourth-order valence-corrected chi connectivity index (χ4v) is 1.65. The van der Waals surface area contributed by atoms with Crippen molar-refractivity contribution in [3.8, 4) is 5.88 Å². The highest BCUT2D eigenvalue weighted by Crippen LogP contribution is 2.20. The van der Waals surface area contributed by atoms with Crippen molar-refractivity contribution in [2.45, 2.75) is 38.6 Å². The zero-order valence-electron chi connectivity index (χ0n) is 10.9. The molecule has 1 atom stereocenters. The quantitative estimate of drug-likeness (QED) is 0.631. The van der Waals surface area contributed by atoms with Gasteiger partial charge in [-0.3, -0.25) is 0 Å². The molecule has 0 unspecified atom stereocenters. The molecule has 0 aliphatic rings. The first-order chi connectivity index (χ1) is 8.71. The highest BCUT2D eigenvalue weighted by Gasteiger charge is 2.14. The van der Waals surface area contributed by atoms with Crippen molar-refractivity contribution in [1.29, 1.82) is 0 Å². The standard InChI is InChI=1S/C11H21N5O2/c1-3-4-5-8(6-7-17)13-9-10(18-2)15-16-11(12)14-9/h8,17H,3-7H2,1-2H3,(H3,12,13,14,16)/t8-/m1/s1. The lowest BCUT2D eigenvalue weighted by Crippen LogP contribution is -2.22. The summed E-state index contributed by atoms with van der Waals surface area (Å²) in [4.78, 5) is 4.06. The molecule has 1 heterocycles. The van der Waals surface area contributed by atoms with Crippen LogP contribution in [0.15, 0.2) is 0 Å². The lowest BCUT2D eigenvalue weighted by atomic mass is 10.1. The summed E-state index contributed by atoms with van der Waals surface area (Å²) in [6.07, 6.45) is 3.77. The predicted molar refractivity (Wildman–Crippen MR) is 69.4 cm³/mol. The first-order valence-corrected chi connectivity index (χ1v) is 6.12. The van der Waals surface area contributed by atoms with E-state index >= 15 is 0 Å². The minimum absolute atomic E-state index is 0.0940. The highest BCUT2D eigenvalue weighted by atomic mass is 16.5. The molecule has 0 spiro atoms. The second-order valence-corrected chi connectivity index (χ2v) is 4.02. The topological polar surface area (TPSA) is 106 Å². The van der Waals surface area contributed by atoms with E-state index in [-0.39, 0.29) is 18.6 Å². The molecule has 0 aromatic carbocycles. The van der Waals surface area contributed by atoms with E-state index in [9.17, 15) is 0 Å². The molecule has 4 N–H and O–H groups in total. The number of rotatable bonds is 8. The monoisotopic (exact) mass is 255 g/mol. The van der Waals surface area contributed by atoms with Crippen LogP contribution in [-0.2, 0) is 0 Å². The van der Waals surface area contributed by atoms with E-state index in [2.05, 4.69) is 27.4 Å². The largest absolute Gasteiger partial charge is 0.477 e. The van der Waals surface area contributed by atoms with Crippen LogP contribution < -0.4 is 15.8 Å². The van der Waals surface area contributed by atoms with Gasteiger partial charge in [0.05, 0.1) is 7.11 Å². The lowest BCUT2D eigenvalue weighted by Gasteiger charge is -2.18. The Morgan fingerprint density at radius 3 is 2.78 bits per heavy atom. The van der Waals surface area contributed by atoms with Gasteiger partial charge in [0.1, 0.15) is 0 Å². The number of unbranched alkanes of at least 4 members (excludes halogenated alkanes) is 1. The van der Waals surface area contributed by atoms with Crippen molar-refractivity contribution < 1.29 is 9.84 Å². The van der Waals surface area contributed by atoms with Gasteiger partial charge in [0.25, 0.3) is 5.88 Å². The molecule has 0 saturated heterocycles. The van der Waals surface area contributed by atoms with Crippen molar-refractivity contribution in [1.82, 2.24) is 15.2 Å². The van der Waals surface area contributed by atoms with Gasteiger partial charge in [-0.2, -0.15) is 4.98 Å². The summed E-state index contributed by atoms with van der Waals surface area (Å²) in [7, 11) is 1.50. The number of aliphatic hydroxyl groups is 1. The summed E-state index contributed by atoms with van der Waals surface area (Å²) in [5.74, 6) is 0.875. The van der Waals surface area contributed by atoms with E-state index < -0.39 is 0 Å². The number of anilines is 2. The number of nitrogens with two attached hydrogens (primary N) is 1. The SMILES string of the molecule is CCCC[C@H](CCO)Nc1nc(N)nnc1OC. The molecule has 102 valence electrons. The molecule has 0 fully saturated rings. The van der Waals surface area contributed by atoms with E-state index in [1.165, 1.54) is 7.11 Å².